The van der Waals surface area contributed by atoms with Gasteiger partial charge in [0.2, 0.25) is 10.0 Å². The monoisotopic (exact) mass is 288 g/mol. The zero-order chi connectivity index (χ0) is 13.2. The van der Waals surface area contributed by atoms with Crippen molar-refractivity contribution in [3.63, 3.8) is 0 Å². The van der Waals surface area contributed by atoms with Gasteiger partial charge in [-0.05, 0) is 31.4 Å². The maximum Gasteiger partial charge on any atom is 0.250 e. The highest BCUT2D eigenvalue weighted by Crippen LogP contribution is 2.24. The van der Waals surface area contributed by atoms with E-state index in [4.69, 9.17) is 5.73 Å². The van der Waals surface area contributed by atoms with Gasteiger partial charge in [-0.3, -0.25) is 0 Å². The summed E-state index contributed by atoms with van der Waals surface area (Å²) in [6.45, 7) is 2.02. The fourth-order valence-corrected chi connectivity index (χ4v) is 4.89. The normalized spacial score (nSPS) is 25.2. The smallest absolute Gasteiger partial charge is 0.250 e. The summed E-state index contributed by atoms with van der Waals surface area (Å²) in [6.07, 6.45) is 4.75. The molecule has 3 N–H and O–H groups in total. The van der Waals surface area contributed by atoms with Crippen LogP contribution in [0.5, 0.6) is 0 Å². The first kappa shape index (κ1) is 14.0. The number of aryl methyl sites for hydroxylation is 1. The molecule has 1 fully saturated rings. The van der Waals surface area contributed by atoms with Crippen LogP contribution in [0.2, 0.25) is 0 Å². The second-order valence-electron chi connectivity index (χ2n) is 4.75. The lowest BCUT2D eigenvalue weighted by atomic mass is 9.92. The number of hydrogen-bond donors (Lipinski definition) is 2. The van der Waals surface area contributed by atoms with Crippen molar-refractivity contribution in [3.05, 3.63) is 17.0 Å². The molecule has 6 heteroatoms. The van der Waals surface area contributed by atoms with Crippen LogP contribution in [0.1, 0.15) is 37.5 Å². The van der Waals surface area contributed by atoms with E-state index >= 15 is 0 Å². The van der Waals surface area contributed by atoms with E-state index in [0.29, 0.717) is 4.21 Å². The minimum atomic E-state index is -3.39. The quantitative estimate of drug-likeness (QED) is 0.888. The molecular weight excluding hydrogens is 268 g/mol. The Labute approximate surface area is 113 Å². The van der Waals surface area contributed by atoms with Crippen LogP contribution in [0, 0.1) is 0 Å². The van der Waals surface area contributed by atoms with Crippen LogP contribution >= 0.6 is 11.3 Å². The first-order valence-corrected chi connectivity index (χ1v) is 8.69. The Morgan fingerprint density at radius 2 is 2.11 bits per heavy atom. The molecule has 1 aromatic rings. The average Bonchev–Trinajstić information content (AvgIpc) is 2.81. The minimum absolute atomic E-state index is 0.0564. The molecule has 1 aliphatic rings. The van der Waals surface area contributed by atoms with Gasteiger partial charge in [-0.25, -0.2) is 13.1 Å². The Hall–Kier alpha value is -0.430. The first-order chi connectivity index (χ1) is 8.53. The number of nitrogens with one attached hydrogen (secondary N) is 1. The Balaban J connectivity index is 2.11. The minimum Gasteiger partial charge on any atom is -0.326 e. The molecule has 0 amide bonds. The van der Waals surface area contributed by atoms with Crippen LogP contribution in [0.4, 0.5) is 0 Å². The van der Waals surface area contributed by atoms with Gasteiger partial charge in [-0.1, -0.05) is 19.8 Å². The third kappa shape index (κ3) is 3.12. The molecule has 1 aromatic heterocycles. The summed E-state index contributed by atoms with van der Waals surface area (Å²) >= 11 is 1.34. The Kier molecular flexibility index (Phi) is 4.42. The third-order valence-electron chi connectivity index (χ3n) is 3.38. The van der Waals surface area contributed by atoms with E-state index in [0.717, 1.165) is 37.0 Å². The topological polar surface area (TPSA) is 72.2 Å². The molecule has 2 atom stereocenters. The van der Waals surface area contributed by atoms with Crippen LogP contribution in [0.25, 0.3) is 0 Å². The molecule has 0 bridgehead atoms. The van der Waals surface area contributed by atoms with Gasteiger partial charge < -0.3 is 5.73 Å². The summed E-state index contributed by atoms with van der Waals surface area (Å²) in [5.41, 5.74) is 5.97. The maximum absolute atomic E-state index is 12.2. The Morgan fingerprint density at radius 1 is 1.39 bits per heavy atom. The molecule has 0 saturated heterocycles. The summed E-state index contributed by atoms with van der Waals surface area (Å²) in [4.78, 5) is 1.09. The summed E-state index contributed by atoms with van der Waals surface area (Å²) < 4.78 is 27.6. The average molecular weight is 288 g/mol. The summed E-state index contributed by atoms with van der Waals surface area (Å²) in [6, 6.07) is 3.38. The van der Waals surface area contributed by atoms with Crippen molar-refractivity contribution in [2.24, 2.45) is 5.73 Å². The summed E-state index contributed by atoms with van der Waals surface area (Å²) in [7, 11) is -3.39. The van der Waals surface area contributed by atoms with Gasteiger partial charge in [0.1, 0.15) is 4.21 Å². The second kappa shape index (κ2) is 5.69. The van der Waals surface area contributed by atoms with E-state index in [1.807, 2.05) is 13.0 Å². The van der Waals surface area contributed by atoms with Gasteiger partial charge in [0, 0.05) is 17.0 Å². The fraction of sp³-hybridized carbons (Fsp3) is 0.667. The highest BCUT2D eigenvalue weighted by Gasteiger charge is 2.27. The second-order valence-corrected chi connectivity index (χ2v) is 7.86. The molecular formula is C12H20N2O2S2. The van der Waals surface area contributed by atoms with E-state index < -0.39 is 10.0 Å². The van der Waals surface area contributed by atoms with Crippen LogP contribution in [-0.2, 0) is 16.4 Å². The van der Waals surface area contributed by atoms with Crippen molar-refractivity contribution in [3.8, 4) is 0 Å². The summed E-state index contributed by atoms with van der Waals surface area (Å²) in [5.74, 6) is 0. The molecule has 4 nitrogen and oxygen atoms in total. The Bertz CT molecular complexity index is 496. The highest BCUT2D eigenvalue weighted by molar-refractivity contribution is 7.91. The lowest BCUT2D eigenvalue weighted by molar-refractivity contribution is 0.361. The van der Waals surface area contributed by atoms with Gasteiger partial charge in [0.15, 0.2) is 0 Å². The zero-order valence-corrected chi connectivity index (χ0v) is 12.2. The number of thiophene rings is 1. The fourth-order valence-electron chi connectivity index (χ4n) is 2.26. The van der Waals surface area contributed by atoms with Gasteiger partial charge in [0.05, 0.1) is 0 Å². The number of rotatable bonds is 4. The van der Waals surface area contributed by atoms with E-state index in [-0.39, 0.29) is 12.1 Å². The largest absolute Gasteiger partial charge is 0.326 e. The van der Waals surface area contributed by atoms with E-state index in [1.54, 1.807) is 6.07 Å². The standard InChI is InChI=1S/C12H20N2O2S2/c1-2-9-7-8-12(17-9)18(15,16)14-11-6-4-3-5-10(11)13/h7-8,10-11,14H,2-6,13H2,1H3/t10-,11-/m1/s1. The molecule has 1 aliphatic carbocycles. The molecule has 0 aromatic carbocycles. The van der Waals surface area contributed by atoms with Crippen molar-refractivity contribution in [1.29, 1.82) is 0 Å². The molecule has 18 heavy (non-hydrogen) atoms. The van der Waals surface area contributed by atoms with Gasteiger partial charge in [0.25, 0.3) is 0 Å². The highest BCUT2D eigenvalue weighted by atomic mass is 32.2. The Morgan fingerprint density at radius 3 is 2.72 bits per heavy atom. The van der Waals surface area contributed by atoms with Gasteiger partial charge in [-0.15, -0.1) is 11.3 Å². The summed E-state index contributed by atoms with van der Waals surface area (Å²) in [5, 5.41) is 0. The van der Waals surface area contributed by atoms with E-state index in [2.05, 4.69) is 4.72 Å². The van der Waals surface area contributed by atoms with Crippen molar-refractivity contribution in [2.45, 2.75) is 55.3 Å². The van der Waals surface area contributed by atoms with Crippen LogP contribution in [0.15, 0.2) is 16.3 Å². The molecule has 102 valence electrons. The molecule has 2 rings (SSSR count). The van der Waals surface area contributed by atoms with Crippen molar-refractivity contribution in [2.75, 3.05) is 0 Å². The van der Waals surface area contributed by atoms with Crippen LogP contribution in [-0.4, -0.2) is 20.5 Å². The van der Waals surface area contributed by atoms with Crippen molar-refractivity contribution in [1.82, 2.24) is 4.72 Å². The lowest BCUT2D eigenvalue weighted by Crippen LogP contribution is -2.49. The predicted octanol–water partition coefficient (Wildman–Crippen LogP) is 1.86. The maximum atomic E-state index is 12.2. The number of sulfonamides is 1. The number of nitrogens with two attached hydrogens (primary N) is 1. The van der Waals surface area contributed by atoms with E-state index in [1.165, 1.54) is 11.3 Å². The third-order valence-corrected chi connectivity index (χ3v) is 6.59. The van der Waals surface area contributed by atoms with Gasteiger partial charge >= 0.3 is 0 Å². The zero-order valence-electron chi connectivity index (χ0n) is 10.6. The molecule has 1 heterocycles. The number of hydrogen-bond acceptors (Lipinski definition) is 4. The molecule has 0 spiro atoms. The SMILES string of the molecule is CCc1ccc(S(=O)(=O)N[C@@H]2CCCC[C@H]2N)s1. The molecule has 0 radical (unpaired) electrons. The van der Waals surface area contributed by atoms with E-state index in [9.17, 15) is 8.42 Å². The predicted molar refractivity (Wildman–Crippen MR) is 74.2 cm³/mol. The van der Waals surface area contributed by atoms with Crippen molar-refractivity contribution >= 4 is 21.4 Å². The lowest BCUT2D eigenvalue weighted by Gasteiger charge is -2.28. The molecule has 0 unspecified atom stereocenters. The molecule has 1 saturated carbocycles. The van der Waals surface area contributed by atoms with Gasteiger partial charge in [-0.2, -0.15) is 0 Å². The van der Waals surface area contributed by atoms with Crippen LogP contribution in [0.3, 0.4) is 0 Å². The first-order valence-electron chi connectivity index (χ1n) is 6.39. The van der Waals surface area contributed by atoms with Crippen LogP contribution < -0.4 is 10.5 Å². The molecule has 0 aliphatic heterocycles. The van der Waals surface area contributed by atoms with Crippen molar-refractivity contribution < 1.29 is 8.42 Å².